The standard InChI is InChI=1S/C21H20Cl2N2O2/c1-13-2-4-18-16(10-13)15-6-8-25(9-7-19(15)24-18)21(26)12-27-20-5-3-14(22)11-17(20)23/h2-5,10-11,24H,6-9,12H2,1H3. The van der Waals surface area contributed by atoms with Crippen LogP contribution in [0.5, 0.6) is 5.75 Å². The number of aryl methyl sites for hydroxylation is 1. The Balaban J connectivity index is 1.43. The fourth-order valence-corrected chi connectivity index (χ4v) is 4.06. The monoisotopic (exact) mass is 402 g/mol. The number of rotatable bonds is 3. The molecule has 4 rings (SSSR count). The van der Waals surface area contributed by atoms with Crippen LogP contribution in [0.1, 0.15) is 16.8 Å². The van der Waals surface area contributed by atoms with Crippen LogP contribution in [0.4, 0.5) is 0 Å². The number of H-pyrrole nitrogens is 1. The predicted octanol–water partition coefficient (Wildman–Crippen LogP) is 4.79. The van der Waals surface area contributed by atoms with Crippen LogP contribution < -0.4 is 4.74 Å². The number of amides is 1. The van der Waals surface area contributed by atoms with Crippen molar-refractivity contribution in [2.24, 2.45) is 0 Å². The Kier molecular flexibility index (Phi) is 5.02. The van der Waals surface area contributed by atoms with E-state index in [4.69, 9.17) is 27.9 Å². The number of carbonyl (C=O) groups is 1. The Morgan fingerprint density at radius 2 is 1.96 bits per heavy atom. The third-order valence-corrected chi connectivity index (χ3v) is 5.54. The molecule has 0 spiro atoms. The number of nitrogens with one attached hydrogen (secondary N) is 1. The van der Waals surface area contributed by atoms with Gasteiger partial charge in [0.1, 0.15) is 5.75 Å². The maximum atomic E-state index is 12.6. The van der Waals surface area contributed by atoms with Gasteiger partial charge in [0.05, 0.1) is 5.02 Å². The first kappa shape index (κ1) is 18.2. The summed E-state index contributed by atoms with van der Waals surface area (Å²) in [5.41, 5.74) is 4.97. The average molecular weight is 403 g/mol. The van der Waals surface area contributed by atoms with E-state index in [2.05, 4.69) is 30.1 Å². The van der Waals surface area contributed by atoms with E-state index in [1.54, 1.807) is 18.2 Å². The fraction of sp³-hybridized carbons (Fsp3) is 0.286. The molecule has 1 amide bonds. The maximum Gasteiger partial charge on any atom is 0.260 e. The number of fused-ring (bicyclic) bond motifs is 3. The molecule has 0 saturated carbocycles. The highest BCUT2D eigenvalue weighted by atomic mass is 35.5. The molecule has 4 nitrogen and oxygen atoms in total. The third-order valence-electron chi connectivity index (χ3n) is 5.01. The van der Waals surface area contributed by atoms with Crippen molar-refractivity contribution in [3.05, 3.63) is 63.3 Å². The van der Waals surface area contributed by atoms with Gasteiger partial charge in [0.2, 0.25) is 0 Å². The molecule has 0 fully saturated rings. The Hall–Kier alpha value is -2.17. The highest BCUT2D eigenvalue weighted by molar-refractivity contribution is 6.35. The summed E-state index contributed by atoms with van der Waals surface area (Å²) in [7, 11) is 0. The van der Waals surface area contributed by atoms with E-state index in [0.717, 1.165) is 12.8 Å². The minimum Gasteiger partial charge on any atom is -0.482 e. The number of hydrogen-bond donors (Lipinski definition) is 1. The first-order chi connectivity index (χ1) is 13.0. The van der Waals surface area contributed by atoms with Crippen LogP contribution in [0.25, 0.3) is 10.9 Å². The van der Waals surface area contributed by atoms with E-state index in [1.165, 1.54) is 27.7 Å². The van der Waals surface area contributed by atoms with E-state index in [-0.39, 0.29) is 12.5 Å². The van der Waals surface area contributed by atoms with Gasteiger partial charge in [-0.2, -0.15) is 0 Å². The number of aromatic nitrogens is 1. The van der Waals surface area contributed by atoms with E-state index in [0.29, 0.717) is 28.9 Å². The largest absolute Gasteiger partial charge is 0.482 e. The van der Waals surface area contributed by atoms with Crippen LogP contribution in [0.3, 0.4) is 0 Å². The average Bonchev–Trinajstić information content (AvgIpc) is 2.83. The molecule has 1 aromatic heterocycles. The molecule has 3 aromatic rings. The number of halogens is 2. The summed E-state index contributed by atoms with van der Waals surface area (Å²) in [5.74, 6) is 0.433. The molecule has 0 aliphatic carbocycles. The molecule has 6 heteroatoms. The summed E-state index contributed by atoms with van der Waals surface area (Å²) in [6, 6.07) is 11.4. The van der Waals surface area contributed by atoms with Gasteiger partial charge in [-0.05, 0) is 49.2 Å². The normalized spacial score (nSPS) is 14.1. The zero-order chi connectivity index (χ0) is 19.0. The molecular formula is C21H20Cl2N2O2. The SMILES string of the molecule is Cc1ccc2[nH]c3c(c2c1)CCN(C(=O)COc1ccc(Cl)cc1Cl)CC3. The lowest BCUT2D eigenvalue weighted by Crippen LogP contribution is -2.36. The quantitative estimate of drug-likeness (QED) is 0.684. The molecular weight excluding hydrogens is 383 g/mol. The molecule has 2 heterocycles. The summed E-state index contributed by atoms with van der Waals surface area (Å²) < 4.78 is 5.60. The maximum absolute atomic E-state index is 12.6. The molecule has 1 aliphatic rings. The second-order valence-electron chi connectivity index (χ2n) is 6.88. The molecule has 27 heavy (non-hydrogen) atoms. The van der Waals surface area contributed by atoms with Gasteiger partial charge in [-0.1, -0.05) is 34.8 Å². The first-order valence-corrected chi connectivity index (χ1v) is 9.72. The van der Waals surface area contributed by atoms with Gasteiger partial charge in [-0.25, -0.2) is 0 Å². The van der Waals surface area contributed by atoms with E-state index in [9.17, 15) is 4.79 Å². The zero-order valence-corrected chi connectivity index (χ0v) is 16.5. The van der Waals surface area contributed by atoms with Crippen LogP contribution in [-0.2, 0) is 17.6 Å². The number of aromatic amines is 1. The Morgan fingerprint density at radius 1 is 1.15 bits per heavy atom. The second kappa shape index (κ2) is 7.45. The summed E-state index contributed by atoms with van der Waals surface area (Å²) >= 11 is 12.0. The van der Waals surface area contributed by atoms with Gasteiger partial charge in [-0.3, -0.25) is 4.79 Å². The Labute approximate surface area is 168 Å². The number of benzene rings is 2. The summed E-state index contributed by atoms with van der Waals surface area (Å²) in [6.45, 7) is 3.43. The van der Waals surface area contributed by atoms with Gasteiger partial charge < -0.3 is 14.6 Å². The van der Waals surface area contributed by atoms with Crippen molar-refractivity contribution in [3.63, 3.8) is 0 Å². The molecule has 0 radical (unpaired) electrons. The van der Waals surface area contributed by atoms with Crippen molar-refractivity contribution in [3.8, 4) is 5.75 Å². The van der Waals surface area contributed by atoms with Crippen molar-refractivity contribution in [2.75, 3.05) is 19.7 Å². The van der Waals surface area contributed by atoms with E-state index < -0.39 is 0 Å². The van der Waals surface area contributed by atoms with Gasteiger partial charge in [0.15, 0.2) is 6.61 Å². The van der Waals surface area contributed by atoms with Crippen molar-refractivity contribution in [1.29, 1.82) is 0 Å². The molecule has 2 aromatic carbocycles. The van der Waals surface area contributed by atoms with Gasteiger partial charge in [0.25, 0.3) is 5.91 Å². The third kappa shape index (κ3) is 3.78. The topological polar surface area (TPSA) is 45.3 Å². The number of nitrogens with zero attached hydrogens (tertiary/aromatic N) is 1. The molecule has 1 aliphatic heterocycles. The predicted molar refractivity (Wildman–Crippen MR) is 109 cm³/mol. The number of carbonyl (C=O) groups excluding carboxylic acids is 1. The molecule has 0 saturated heterocycles. The highest BCUT2D eigenvalue weighted by Crippen LogP contribution is 2.28. The minimum atomic E-state index is -0.0355. The molecule has 1 N–H and O–H groups in total. The van der Waals surface area contributed by atoms with Crippen molar-refractivity contribution < 1.29 is 9.53 Å². The van der Waals surface area contributed by atoms with E-state index >= 15 is 0 Å². The van der Waals surface area contributed by atoms with Crippen molar-refractivity contribution in [1.82, 2.24) is 9.88 Å². The fourth-order valence-electron chi connectivity index (χ4n) is 3.59. The Bertz CT molecular complexity index is 1010. The number of hydrogen-bond acceptors (Lipinski definition) is 2. The van der Waals surface area contributed by atoms with E-state index in [1.807, 2.05) is 4.90 Å². The van der Waals surface area contributed by atoms with Crippen molar-refractivity contribution in [2.45, 2.75) is 19.8 Å². The highest BCUT2D eigenvalue weighted by Gasteiger charge is 2.22. The lowest BCUT2D eigenvalue weighted by atomic mass is 10.1. The van der Waals surface area contributed by atoms with Crippen LogP contribution in [0.2, 0.25) is 10.0 Å². The Morgan fingerprint density at radius 3 is 2.78 bits per heavy atom. The smallest absolute Gasteiger partial charge is 0.260 e. The van der Waals surface area contributed by atoms with Crippen LogP contribution in [-0.4, -0.2) is 35.5 Å². The number of ether oxygens (including phenoxy) is 1. The first-order valence-electron chi connectivity index (χ1n) is 8.97. The molecule has 0 unspecified atom stereocenters. The zero-order valence-electron chi connectivity index (χ0n) is 15.0. The summed E-state index contributed by atoms with van der Waals surface area (Å²) in [4.78, 5) is 18.0. The van der Waals surface area contributed by atoms with Gasteiger partial charge in [-0.15, -0.1) is 0 Å². The van der Waals surface area contributed by atoms with Crippen LogP contribution >= 0.6 is 23.2 Å². The minimum absolute atomic E-state index is 0.0326. The summed E-state index contributed by atoms with van der Waals surface area (Å²) in [5, 5.41) is 2.21. The van der Waals surface area contributed by atoms with Gasteiger partial charge in [0, 0.05) is 41.1 Å². The van der Waals surface area contributed by atoms with Gasteiger partial charge >= 0.3 is 0 Å². The molecule has 0 bridgehead atoms. The van der Waals surface area contributed by atoms with Crippen molar-refractivity contribution >= 4 is 40.0 Å². The molecule has 0 atom stereocenters. The lowest BCUT2D eigenvalue weighted by Gasteiger charge is -2.20. The van der Waals surface area contributed by atoms with Crippen LogP contribution in [0, 0.1) is 6.92 Å². The molecule has 140 valence electrons. The lowest BCUT2D eigenvalue weighted by molar-refractivity contribution is -0.133. The van der Waals surface area contributed by atoms with Crippen LogP contribution in [0.15, 0.2) is 36.4 Å². The summed E-state index contributed by atoms with van der Waals surface area (Å²) in [6.07, 6.45) is 1.66. The second-order valence-corrected chi connectivity index (χ2v) is 7.72.